The summed E-state index contributed by atoms with van der Waals surface area (Å²) in [5, 5.41) is 11.8. The van der Waals surface area contributed by atoms with Crippen LogP contribution >= 0.6 is 38.9 Å². The molecule has 4 rings (SSSR count). The van der Waals surface area contributed by atoms with Crippen LogP contribution in [-0.2, 0) is 16.9 Å². The summed E-state index contributed by atoms with van der Waals surface area (Å²) in [7, 11) is 0. The average Bonchev–Trinajstić information content (AvgIpc) is 3.20. The number of rotatable bonds is 5. The fraction of sp³-hybridized carbons (Fsp3) is 0.182. The second-order valence-electron chi connectivity index (χ2n) is 7.10. The first-order valence-corrected chi connectivity index (χ1v) is 10.9. The molecule has 1 atom stereocenters. The maximum absolute atomic E-state index is 13.3. The maximum atomic E-state index is 13.3. The number of thiophene rings is 1. The monoisotopic (exact) mass is 489 g/mol. The van der Waals surface area contributed by atoms with Crippen molar-refractivity contribution in [3.8, 4) is 0 Å². The Labute approximate surface area is 185 Å². The highest BCUT2D eigenvalue weighted by Gasteiger charge is 2.51. The molecule has 7 heteroatoms. The van der Waals surface area contributed by atoms with Crippen LogP contribution in [0, 0.1) is 6.92 Å². The van der Waals surface area contributed by atoms with Crippen molar-refractivity contribution in [2.45, 2.75) is 25.5 Å². The summed E-state index contributed by atoms with van der Waals surface area (Å²) < 4.78 is 0.815. The van der Waals surface area contributed by atoms with Crippen LogP contribution in [0.2, 0.25) is 5.02 Å². The summed E-state index contributed by atoms with van der Waals surface area (Å²) in [5.41, 5.74) is 1.05. The number of carbonyl (C=O) groups is 2. The van der Waals surface area contributed by atoms with Gasteiger partial charge in [0.1, 0.15) is 0 Å². The summed E-state index contributed by atoms with van der Waals surface area (Å²) in [4.78, 5) is 28.1. The molecule has 0 radical (unpaired) electrons. The number of ketones is 1. The van der Waals surface area contributed by atoms with Gasteiger partial charge < -0.3 is 10.0 Å². The minimum atomic E-state index is -1.95. The molecule has 1 aliphatic rings. The Kier molecular flexibility index (Phi) is 5.38. The van der Waals surface area contributed by atoms with E-state index in [9.17, 15) is 14.7 Å². The number of carbonyl (C=O) groups excluding carboxylic acids is 2. The number of fused-ring (bicyclic) bond motifs is 1. The molecule has 1 aromatic heterocycles. The van der Waals surface area contributed by atoms with E-state index >= 15 is 0 Å². The predicted molar refractivity (Wildman–Crippen MR) is 119 cm³/mol. The molecule has 0 saturated heterocycles. The maximum Gasteiger partial charge on any atom is 0.264 e. The highest BCUT2D eigenvalue weighted by Crippen LogP contribution is 2.45. The van der Waals surface area contributed by atoms with Crippen molar-refractivity contribution >= 4 is 56.2 Å². The van der Waals surface area contributed by atoms with Gasteiger partial charge in [-0.05, 0) is 58.7 Å². The van der Waals surface area contributed by atoms with E-state index in [0.29, 0.717) is 27.7 Å². The van der Waals surface area contributed by atoms with E-state index in [1.54, 1.807) is 30.3 Å². The molecular weight excluding hydrogens is 474 g/mol. The summed E-state index contributed by atoms with van der Waals surface area (Å²) in [6.45, 7) is 2.30. The summed E-state index contributed by atoms with van der Waals surface area (Å²) in [6, 6.07) is 16.3. The van der Waals surface area contributed by atoms with Crippen molar-refractivity contribution in [1.29, 1.82) is 0 Å². The van der Waals surface area contributed by atoms with Gasteiger partial charge in [-0.15, -0.1) is 11.3 Å². The van der Waals surface area contributed by atoms with Crippen LogP contribution in [0.15, 0.2) is 58.4 Å². The number of nitrogens with zero attached hydrogens (tertiary/aromatic N) is 1. The first-order valence-electron chi connectivity index (χ1n) is 8.96. The van der Waals surface area contributed by atoms with E-state index in [4.69, 9.17) is 11.6 Å². The molecule has 2 heterocycles. The molecule has 1 N–H and O–H groups in total. The van der Waals surface area contributed by atoms with Crippen LogP contribution in [0.4, 0.5) is 5.69 Å². The number of aliphatic hydroxyl groups is 1. The zero-order valence-corrected chi connectivity index (χ0v) is 18.6. The fourth-order valence-electron chi connectivity index (χ4n) is 3.51. The lowest BCUT2D eigenvalue weighted by molar-refractivity contribution is -0.136. The summed E-state index contributed by atoms with van der Waals surface area (Å²) in [5.74, 6) is -0.807. The Morgan fingerprint density at radius 3 is 2.55 bits per heavy atom. The predicted octanol–water partition coefficient (Wildman–Crippen LogP) is 5.48. The number of hydrogen-bond acceptors (Lipinski definition) is 4. The average molecular weight is 491 g/mol. The molecule has 0 saturated carbocycles. The molecule has 0 bridgehead atoms. The number of benzene rings is 2. The van der Waals surface area contributed by atoms with Gasteiger partial charge in [0.05, 0.1) is 27.3 Å². The second kappa shape index (κ2) is 7.69. The molecular formula is C22H17BrClNO3S. The normalized spacial score (nSPS) is 18.2. The smallest absolute Gasteiger partial charge is 0.264 e. The standard InChI is InChI=1S/C22H17BrClNO3S/c1-13-2-4-14(5-3-13)12-25-17-7-6-15(24)10-16(17)22(28,21(25)27)11-18(26)19-8-9-20(23)29-19/h2-10,28H,11-12H2,1H3. The molecule has 1 aliphatic heterocycles. The lowest BCUT2D eigenvalue weighted by Gasteiger charge is -2.22. The minimum absolute atomic E-state index is 0.292. The molecule has 0 spiro atoms. The number of Topliss-reactive ketones (excluding diaryl/α,β-unsaturated/α-hetero) is 1. The van der Waals surface area contributed by atoms with Crippen LogP contribution in [0.1, 0.15) is 32.8 Å². The number of aryl methyl sites for hydroxylation is 1. The zero-order valence-electron chi connectivity index (χ0n) is 15.5. The Bertz CT molecular complexity index is 1110. The van der Waals surface area contributed by atoms with E-state index in [-0.39, 0.29) is 12.2 Å². The highest BCUT2D eigenvalue weighted by molar-refractivity contribution is 9.11. The van der Waals surface area contributed by atoms with Gasteiger partial charge in [0.15, 0.2) is 11.4 Å². The van der Waals surface area contributed by atoms with Crippen LogP contribution in [0.3, 0.4) is 0 Å². The van der Waals surface area contributed by atoms with Gasteiger partial charge in [-0.2, -0.15) is 0 Å². The first kappa shape index (κ1) is 20.3. The van der Waals surface area contributed by atoms with Crippen LogP contribution < -0.4 is 4.90 Å². The highest BCUT2D eigenvalue weighted by atomic mass is 79.9. The first-order chi connectivity index (χ1) is 13.8. The van der Waals surface area contributed by atoms with Gasteiger partial charge in [0.25, 0.3) is 5.91 Å². The Morgan fingerprint density at radius 2 is 1.90 bits per heavy atom. The third kappa shape index (κ3) is 3.78. The third-order valence-corrected chi connectivity index (χ3v) is 6.92. The van der Waals surface area contributed by atoms with E-state index in [1.807, 2.05) is 31.2 Å². The lowest BCUT2D eigenvalue weighted by Crippen LogP contribution is -2.41. The fourth-order valence-corrected chi connectivity index (χ4v) is 5.01. The number of anilines is 1. The minimum Gasteiger partial charge on any atom is -0.375 e. The molecule has 0 fully saturated rings. The molecule has 3 aromatic rings. The van der Waals surface area contributed by atoms with Crippen molar-refractivity contribution in [3.63, 3.8) is 0 Å². The molecule has 4 nitrogen and oxygen atoms in total. The Morgan fingerprint density at radius 1 is 1.17 bits per heavy atom. The molecule has 0 aliphatic carbocycles. The zero-order chi connectivity index (χ0) is 20.8. The van der Waals surface area contributed by atoms with Gasteiger partial charge in [-0.1, -0.05) is 41.4 Å². The SMILES string of the molecule is Cc1ccc(CN2C(=O)C(O)(CC(=O)c3ccc(Br)s3)c3cc(Cl)ccc32)cc1. The molecule has 2 aromatic carbocycles. The largest absolute Gasteiger partial charge is 0.375 e. The lowest BCUT2D eigenvalue weighted by atomic mass is 9.89. The van der Waals surface area contributed by atoms with Gasteiger partial charge in [-0.25, -0.2) is 0 Å². The number of hydrogen-bond donors (Lipinski definition) is 1. The molecule has 1 unspecified atom stereocenters. The van der Waals surface area contributed by atoms with E-state index in [0.717, 1.165) is 14.9 Å². The van der Waals surface area contributed by atoms with Gasteiger partial charge in [0, 0.05) is 10.6 Å². The van der Waals surface area contributed by atoms with E-state index < -0.39 is 11.5 Å². The molecule has 29 heavy (non-hydrogen) atoms. The molecule has 1 amide bonds. The van der Waals surface area contributed by atoms with Gasteiger partial charge in [-0.3, -0.25) is 9.59 Å². The van der Waals surface area contributed by atoms with Crippen molar-refractivity contribution in [2.24, 2.45) is 0 Å². The Balaban J connectivity index is 1.71. The van der Waals surface area contributed by atoms with E-state index in [1.165, 1.54) is 16.2 Å². The quantitative estimate of drug-likeness (QED) is 0.482. The number of halogens is 2. The van der Waals surface area contributed by atoms with Gasteiger partial charge >= 0.3 is 0 Å². The second-order valence-corrected chi connectivity index (χ2v) is 10.0. The van der Waals surface area contributed by atoms with Crippen molar-refractivity contribution in [3.05, 3.63) is 85.0 Å². The Hall–Kier alpha value is -1.99. The van der Waals surface area contributed by atoms with Crippen LogP contribution in [0.5, 0.6) is 0 Å². The van der Waals surface area contributed by atoms with Gasteiger partial charge in [0.2, 0.25) is 0 Å². The van der Waals surface area contributed by atoms with E-state index in [2.05, 4.69) is 15.9 Å². The third-order valence-electron chi connectivity index (χ3n) is 5.02. The van der Waals surface area contributed by atoms with Crippen LogP contribution in [-0.4, -0.2) is 16.8 Å². The van der Waals surface area contributed by atoms with Crippen molar-refractivity contribution in [1.82, 2.24) is 0 Å². The summed E-state index contributed by atoms with van der Waals surface area (Å²) >= 11 is 10.8. The topological polar surface area (TPSA) is 57.6 Å². The van der Waals surface area contributed by atoms with Crippen LogP contribution in [0.25, 0.3) is 0 Å². The van der Waals surface area contributed by atoms with Crippen molar-refractivity contribution in [2.75, 3.05) is 4.90 Å². The molecule has 148 valence electrons. The summed E-state index contributed by atoms with van der Waals surface area (Å²) in [6.07, 6.45) is -0.337. The van der Waals surface area contributed by atoms with Crippen molar-refractivity contribution < 1.29 is 14.7 Å². The number of amides is 1.